The van der Waals surface area contributed by atoms with Gasteiger partial charge in [0.2, 0.25) is 0 Å². The molecule has 1 aromatic carbocycles. The molecule has 0 heterocycles. The van der Waals surface area contributed by atoms with Crippen molar-refractivity contribution in [3.8, 4) is 5.75 Å². The Labute approximate surface area is 115 Å². The van der Waals surface area contributed by atoms with Gasteiger partial charge >= 0.3 is 0 Å². The lowest BCUT2D eigenvalue weighted by Crippen LogP contribution is -2.38. The molecule has 2 nitrogen and oxygen atoms in total. The molecule has 0 aromatic heterocycles. The number of hydrogen-bond acceptors (Lipinski definition) is 2. The molecule has 0 unspecified atom stereocenters. The second-order valence-electron chi connectivity index (χ2n) is 6.64. The molecule has 0 spiro atoms. The lowest BCUT2D eigenvalue weighted by Gasteiger charge is -2.36. The van der Waals surface area contributed by atoms with Gasteiger partial charge in [-0.25, -0.2) is 0 Å². The van der Waals surface area contributed by atoms with Crippen LogP contribution in [-0.2, 0) is 0 Å². The van der Waals surface area contributed by atoms with Gasteiger partial charge in [-0.15, -0.1) is 0 Å². The van der Waals surface area contributed by atoms with Crippen molar-refractivity contribution >= 4 is 5.78 Å². The molecule has 0 atom stereocenters. The first-order valence-corrected chi connectivity index (χ1v) is 7.20. The summed E-state index contributed by atoms with van der Waals surface area (Å²) in [6, 6.07) is 7.60. The molecule has 3 rings (SSSR count). The number of carbonyl (C=O) groups is 1. The molecule has 0 saturated heterocycles. The van der Waals surface area contributed by atoms with Gasteiger partial charge in [0.1, 0.15) is 5.75 Å². The van der Waals surface area contributed by atoms with Crippen molar-refractivity contribution in [1.29, 1.82) is 0 Å². The first-order chi connectivity index (χ1) is 9.01. The van der Waals surface area contributed by atoms with Gasteiger partial charge in [-0.1, -0.05) is 13.8 Å². The summed E-state index contributed by atoms with van der Waals surface area (Å²) in [6.45, 7) is 4.58. The third-order valence-electron chi connectivity index (χ3n) is 5.88. The molecule has 2 heteroatoms. The molecule has 2 aliphatic carbocycles. The molecule has 1 aromatic rings. The number of fused-ring (bicyclic) bond motifs is 2. The van der Waals surface area contributed by atoms with Crippen LogP contribution in [0.2, 0.25) is 0 Å². The van der Waals surface area contributed by atoms with Gasteiger partial charge in [-0.2, -0.15) is 0 Å². The maximum Gasteiger partial charge on any atom is 0.169 e. The molecular weight excluding hydrogens is 236 g/mol. The maximum atomic E-state index is 13.0. The van der Waals surface area contributed by atoms with E-state index in [0.717, 1.165) is 30.1 Å². The normalized spacial score (nSPS) is 31.4. The van der Waals surface area contributed by atoms with Crippen molar-refractivity contribution in [1.82, 2.24) is 0 Å². The van der Waals surface area contributed by atoms with Crippen LogP contribution in [0.15, 0.2) is 24.3 Å². The third kappa shape index (κ3) is 1.58. The van der Waals surface area contributed by atoms with Crippen molar-refractivity contribution in [2.45, 2.75) is 39.5 Å². The molecule has 0 amide bonds. The van der Waals surface area contributed by atoms with Crippen LogP contribution in [-0.4, -0.2) is 12.9 Å². The number of rotatable bonds is 3. The van der Waals surface area contributed by atoms with E-state index in [1.54, 1.807) is 7.11 Å². The average molecular weight is 258 g/mol. The summed E-state index contributed by atoms with van der Waals surface area (Å²) in [5, 5.41) is 0. The molecule has 102 valence electrons. The minimum Gasteiger partial charge on any atom is -0.497 e. The average Bonchev–Trinajstić information content (AvgIpc) is 2.85. The molecule has 2 aliphatic rings. The summed E-state index contributed by atoms with van der Waals surface area (Å²) < 4.78 is 5.16. The predicted molar refractivity (Wildman–Crippen MR) is 75.5 cm³/mol. The minimum atomic E-state index is -0.119. The van der Waals surface area contributed by atoms with Crippen molar-refractivity contribution in [3.63, 3.8) is 0 Å². The van der Waals surface area contributed by atoms with Crippen LogP contribution in [0.3, 0.4) is 0 Å². The second kappa shape index (κ2) is 4.09. The van der Waals surface area contributed by atoms with Gasteiger partial charge in [0.15, 0.2) is 5.78 Å². The van der Waals surface area contributed by atoms with Gasteiger partial charge in [-0.05, 0) is 61.3 Å². The smallest absolute Gasteiger partial charge is 0.169 e. The van der Waals surface area contributed by atoms with E-state index < -0.39 is 0 Å². The first-order valence-electron chi connectivity index (χ1n) is 7.20. The van der Waals surface area contributed by atoms with Gasteiger partial charge in [0, 0.05) is 11.0 Å². The summed E-state index contributed by atoms with van der Waals surface area (Å²) in [7, 11) is 1.65. The van der Waals surface area contributed by atoms with Crippen LogP contribution in [0.25, 0.3) is 0 Å². The fourth-order valence-corrected chi connectivity index (χ4v) is 4.41. The number of methoxy groups -OCH3 is 1. The molecule has 0 radical (unpaired) electrons. The lowest BCUT2D eigenvalue weighted by molar-refractivity contribution is 0.0615. The SMILES string of the molecule is COc1ccc(C(=O)C23CCC(CC2)C3(C)C)cc1. The fraction of sp³-hybridized carbons (Fsp3) is 0.588. The van der Waals surface area contributed by atoms with E-state index in [0.29, 0.717) is 5.78 Å². The van der Waals surface area contributed by atoms with E-state index in [1.165, 1.54) is 12.8 Å². The fourth-order valence-electron chi connectivity index (χ4n) is 4.41. The largest absolute Gasteiger partial charge is 0.497 e. The number of hydrogen-bond donors (Lipinski definition) is 0. The van der Waals surface area contributed by atoms with Crippen LogP contribution in [0.5, 0.6) is 5.75 Å². The van der Waals surface area contributed by atoms with E-state index in [1.807, 2.05) is 24.3 Å². The molecular formula is C17H22O2. The first kappa shape index (κ1) is 12.7. The van der Waals surface area contributed by atoms with Gasteiger partial charge in [0.05, 0.1) is 7.11 Å². The zero-order valence-electron chi connectivity index (χ0n) is 12.0. The minimum absolute atomic E-state index is 0.119. The Morgan fingerprint density at radius 1 is 1.16 bits per heavy atom. The molecule has 19 heavy (non-hydrogen) atoms. The standard InChI is InChI=1S/C17H22O2/c1-16(2)13-8-10-17(16,11-9-13)15(18)12-4-6-14(19-3)7-5-12/h4-7,13H,8-11H2,1-3H3. The number of Topliss-reactive ketones (excluding diaryl/α,β-unsaturated/α-hetero) is 1. The van der Waals surface area contributed by atoms with Crippen LogP contribution in [0.1, 0.15) is 49.9 Å². The van der Waals surface area contributed by atoms with Crippen molar-refractivity contribution in [2.75, 3.05) is 7.11 Å². The summed E-state index contributed by atoms with van der Waals surface area (Å²) in [5.41, 5.74) is 0.882. The Balaban J connectivity index is 1.95. The highest BCUT2D eigenvalue weighted by Crippen LogP contribution is 2.66. The van der Waals surface area contributed by atoms with Crippen LogP contribution >= 0.6 is 0 Å². The summed E-state index contributed by atoms with van der Waals surface area (Å²) >= 11 is 0. The summed E-state index contributed by atoms with van der Waals surface area (Å²) in [4.78, 5) is 13.0. The number of ether oxygens (including phenoxy) is 1. The predicted octanol–water partition coefficient (Wildman–Crippen LogP) is 4.09. The molecule has 2 fully saturated rings. The lowest BCUT2D eigenvalue weighted by atomic mass is 9.65. The van der Waals surface area contributed by atoms with E-state index in [9.17, 15) is 4.79 Å². The highest BCUT2D eigenvalue weighted by Gasteiger charge is 2.62. The van der Waals surface area contributed by atoms with Crippen LogP contribution < -0.4 is 4.74 Å². The Hall–Kier alpha value is -1.31. The zero-order chi connectivity index (χ0) is 13.7. The van der Waals surface area contributed by atoms with E-state index in [4.69, 9.17) is 4.74 Å². The maximum absolute atomic E-state index is 13.0. The molecule has 0 aliphatic heterocycles. The van der Waals surface area contributed by atoms with E-state index in [-0.39, 0.29) is 10.8 Å². The van der Waals surface area contributed by atoms with Gasteiger partial charge in [-0.3, -0.25) is 4.79 Å². The third-order valence-corrected chi connectivity index (χ3v) is 5.88. The van der Waals surface area contributed by atoms with Gasteiger partial charge in [0.25, 0.3) is 0 Å². The molecule has 2 bridgehead atoms. The number of carbonyl (C=O) groups excluding carboxylic acids is 1. The molecule has 0 N–H and O–H groups in total. The number of benzene rings is 1. The molecule has 2 saturated carbocycles. The Kier molecular flexibility index (Phi) is 2.74. The Morgan fingerprint density at radius 3 is 2.16 bits per heavy atom. The van der Waals surface area contributed by atoms with Crippen LogP contribution in [0.4, 0.5) is 0 Å². The van der Waals surface area contributed by atoms with Gasteiger partial charge < -0.3 is 4.74 Å². The van der Waals surface area contributed by atoms with Crippen molar-refractivity contribution in [3.05, 3.63) is 29.8 Å². The van der Waals surface area contributed by atoms with Crippen LogP contribution in [0, 0.1) is 16.7 Å². The van der Waals surface area contributed by atoms with Crippen molar-refractivity contribution in [2.24, 2.45) is 16.7 Å². The Bertz CT molecular complexity index is 490. The van der Waals surface area contributed by atoms with Crippen molar-refractivity contribution < 1.29 is 9.53 Å². The topological polar surface area (TPSA) is 26.3 Å². The highest BCUT2D eigenvalue weighted by atomic mass is 16.5. The monoisotopic (exact) mass is 258 g/mol. The van der Waals surface area contributed by atoms with E-state index >= 15 is 0 Å². The zero-order valence-corrected chi connectivity index (χ0v) is 12.0. The second-order valence-corrected chi connectivity index (χ2v) is 6.64. The number of ketones is 1. The summed E-state index contributed by atoms with van der Waals surface area (Å²) in [5.74, 6) is 1.89. The quantitative estimate of drug-likeness (QED) is 0.763. The summed E-state index contributed by atoms with van der Waals surface area (Å²) in [6.07, 6.45) is 4.56. The highest BCUT2D eigenvalue weighted by molar-refractivity contribution is 6.01. The Morgan fingerprint density at radius 2 is 1.74 bits per heavy atom. The van der Waals surface area contributed by atoms with E-state index in [2.05, 4.69) is 13.8 Å².